The summed E-state index contributed by atoms with van der Waals surface area (Å²) in [4.78, 5) is 15.9. The van der Waals surface area contributed by atoms with Gasteiger partial charge in [0.25, 0.3) is 5.91 Å². The van der Waals surface area contributed by atoms with Crippen LogP contribution in [-0.2, 0) is 14.8 Å². The largest absolute Gasteiger partial charge is 0.379 e. The summed E-state index contributed by atoms with van der Waals surface area (Å²) in [7, 11) is -3.66. The van der Waals surface area contributed by atoms with Gasteiger partial charge in [0.1, 0.15) is 0 Å². The second-order valence-electron chi connectivity index (χ2n) is 7.47. The Morgan fingerprint density at radius 1 is 1.06 bits per heavy atom. The van der Waals surface area contributed by atoms with Crippen LogP contribution in [0.4, 0.5) is 5.00 Å². The summed E-state index contributed by atoms with van der Waals surface area (Å²) < 4.78 is 32.2. The van der Waals surface area contributed by atoms with E-state index in [0.29, 0.717) is 26.3 Å². The maximum Gasteiger partial charge on any atom is 0.271 e. The van der Waals surface area contributed by atoms with Crippen LogP contribution >= 0.6 is 11.3 Å². The van der Waals surface area contributed by atoms with Crippen LogP contribution < -0.4 is 10.3 Å². The number of amides is 1. The lowest BCUT2D eigenvalue weighted by atomic mass is 10.1. The second-order valence-corrected chi connectivity index (χ2v) is 10.5. The SMILES string of the molecule is O=C(N/N=C\c1ccc(N2CCCCC2)s1)c1cccc(S(=O)(=O)N2CCOCC2)c1. The fourth-order valence-electron chi connectivity index (χ4n) is 3.65. The Balaban J connectivity index is 1.39. The maximum atomic E-state index is 12.8. The zero-order valence-corrected chi connectivity index (χ0v) is 18.8. The number of carbonyl (C=O) groups is 1. The molecule has 2 saturated heterocycles. The Labute approximate surface area is 186 Å². The Bertz CT molecular complexity index is 1040. The molecule has 2 aliphatic rings. The number of hydrogen-bond donors (Lipinski definition) is 1. The van der Waals surface area contributed by atoms with Gasteiger partial charge in [0.2, 0.25) is 10.0 Å². The first-order chi connectivity index (χ1) is 15.0. The molecule has 0 aliphatic carbocycles. The molecule has 2 fully saturated rings. The van der Waals surface area contributed by atoms with E-state index in [0.717, 1.165) is 18.0 Å². The van der Waals surface area contributed by atoms with Crippen molar-refractivity contribution in [2.45, 2.75) is 24.2 Å². The highest BCUT2D eigenvalue weighted by atomic mass is 32.2. The number of rotatable bonds is 6. The van der Waals surface area contributed by atoms with Crippen molar-refractivity contribution in [2.24, 2.45) is 5.10 Å². The summed E-state index contributed by atoms with van der Waals surface area (Å²) in [6, 6.07) is 10.1. The summed E-state index contributed by atoms with van der Waals surface area (Å²) in [6.07, 6.45) is 5.34. The third kappa shape index (κ3) is 5.32. The molecule has 0 atom stereocenters. The predicted molar refractivity (Wildman–Crippen MR) is 121 cm³/mol. The average Bonchev–Trinajstić information content (AvgIpc) is 3.29. The van der Waals surface area contributed by atoms with Gasteiger partial charge in [0, 0.05) is 36.6 Å². The molecule has 4 rings (SSSR count). The van der Waals surface area contributed by atoms with Gasteiger partial charge in [0.15, 0.2) is 0 Å². The highest BCUT2D eigenvalue weighted by Crippen LogP contribution is 2.27. The molecule has 0 radical (unpaired) electrons. The quantitative estimate of drug-likeness (QED) is 0.526. The minimum absolute atomic E-state index is 0.0930. The minimum atomic E-state index is -3.66. The molecule has 1 N–H and O–H groups in total. The van der Waals surface area contributed by atoms with E-state index < -0.39 is 15.9 Å². The van der Waals surface area contributed by atoms with Gasteiger partial charge in [-0.1, -0.05) is 6.07 Å². The Kier molecular flexibility index (Phi) is 7.01. The van der Waals surface area contributed by atoms with Crippen molar-refractivity contribution in [3.8, 4) is 0 Å². The van der Waals surface area contributed by atoms with Crippen LogP contribution in [0.15, 0.2) is 46.4 Å². The molecule has 10 heteroatoms. The summed E-state index contributed by atoms with van der Waals surface area (Å²) in [5.74, 6) is -0.455. The number of thiophene rings is 1. The third-order valence-corrected chi connectivity index (χ3v) is 8.32. The Hall–Kier alpha value is -2.27. The number of ether oxygens (including phenoxy) is 1. The highest BCUT2D eigenvalue weighted by molar-refractivity contribution is 7.89. The van der Waals surface area contributed by atoms with E-state index in [1.165, 1.54) is 40.7 Å². The summed E-state index contributed by atoms with van der Waals surface area (Å²) >= 11 is 1.64. The number of anilines is 1. The first-order valence-corrected chi connectivity index (χ1v) is 12.7. The van der Waals surface area contributed by atoms with Crippen LogP contribution in [0.1, 0.15) is 34.5 Å². The molecular formula is C21H26N4O4S2. The van der Waals surface area contributed by atoms with Crippen LogP contribution in [0.5, 0.6) is 0 Å². The normalized spacial score (nSPS) is 18.4. The van der Waals surface area contributed by atoms with E-state index >= 15 is 0 Å². The zero-order valence-electron chi connectivity index (χ0n) is 17.2. The van der Waals surface area contributed by atoms with Gasteiger partial charge < -0.3 is 9.64 Å². The van der Waals surface area contributed by atoms with Crippen LogP contribution in [0.2, 0.25) is 0 Å². The van der Waals surface area contributed by atoms with Crippen molar-refractivity contribution in [3.63, 3.8) is 0 Å². The monoisotopic (exact) mass is 462 g/mol. The Morgan fingerprint density at radius 3 is 2.61 bits per heavy atom. The molecule has 0 spiro atoms. The van der Waals surface area contributed by atoms with Crippen molar-refractivity contribution in [1.29, 1.82) is 0 Å². The van der Waals surface area contributed by atoms with Gasteiger partial charge in [-0.05, 0) is 49.6 Å². The maximum absolute atomic E-state index is 12.8. The van der Waals surface area contributed by atoms with E-state index in [2.05, 4.69) is 21.5 Å². The first kappa shape index (κ1) is 21.9. The number of carbonyl (C=O) groups excluding carboxylic acids is 1. The average molecular weight is 463 g/mol. The highest BCUT2D eigenvalue weighted by Gasteiger charge is 2.26. The van der Waals surface area contributed by atoms with Crippen molar-refractivity contribution in [3.05, 3.63) is 46.8 Å². The third-order valence-electron chi connectivity index (χ3n) is 5.34. The molecular weight excluding hydrogens is 436 g/mol. The lowest BCUT2D eigenvalue weighted by molar-refractivity contribution is 0.0730. The second kappa shape index (κ2) is 9.90. The van der Waals surface area contributed by atoms with Gasteiger partial charge in [-0.2, -0.15) is 9.41 Å². The molecule has 166 valence electrons. The molecule has 3 heterocycles. The van der Waals surface area contributed by atoms with Crippen molar-refractivity contribution >= 4 is 38.5 Å². The summed E-state index contributed by atoms with van der Waals surface area (Å²) in [5, 5.41) is 5.27. The molecule has 2 aliphatic heterocycles. The van der Waals surface area contributed by atoms with Crippen molar-refractivity contribution in [1.82, 2.24) is 9.73 Å². The van der Waals surface area contributed by atoms with Crippen LogP contribution in [0.25, 0.3) is 0 Å². The standard InChI is InChI=1S/C21H26N4O4S2/c26-21(23-22-16-18-7-8-20(30-18)24-9-2-1-3-10-24)17-5-4-6-19(15-17)31(27,28)25-11-13-29-14-12-25/h4-8,15-16H,1-3,9-14H2,(H,23,26)/b22-16-. The van der Waals surface area contributed by atoms with Gasteiger partial charge >= 0.3 is 0 Å². The number of piperidine rings is 1. The van der Waals surface area contributed by atoms with E-state index in [1.54, 1.807) is 29.7 Å². The molecule has 0 unspecified atom stereocenters. The van der Waals surface area contributed by atoms with Gasteiger partial charge in [-0.3, -0.25) is 4.79 Å². The van der Waals surface area contributed by atoms with Crippen molar-refractivity contribution in [2.75, 3.05) is 44.3 Å². The minimum Gasteiger partial charge on any atom is -0.379 e. The van der Waals surface area contributed by atoms with E-state index in [4.69, 9.17) is 4.74 Å². The molecule has 1 amide bonds. The van der Waals surface area contributed by atoms with Gasteiger partial charge in [-0.25, -0.2) is 13.8 Å². The van der Waals surface area contributed by atoms with E-state index in [9.17, 15) is 13.2 Å². The van der Waals surface area contributed by atoms with Gasteiger partial charge in [0.05, 0.1) is 29.3 Å². The molecule has 0 saturated carbocycles. The van der Waals surface area contributed by atoms with Crippen LogP contribution in [0, 0.1) is 0 Å². The number of sulfonamides is 1. The number of nitrogens with one attached hydrogen (secondary N) is 1. The molecule has 2 aromatic rings. The first-order valence-electron chi connectivity index (χ1n) is 10.4. The number of hydrogen-bond acceptors (Lipinski definition) is 7. The topological polar surface area (TPSA) is 91.3 Å². The molecule has 1 aromatic heterocycles. The number of morpholine rings is 1. The smallest absolute Gasteiger partial charge is 0.271 e. The fraction of sp³-hybridized carbons (Fsp3) is 0.429. The number of nitrogens with zero attached hydrogens (tertiary/aromatic N) is 3. The lowest BCUT2D eigenvalue weighted by Gasteiger charge is -2.27. The molecule has 8 nitrogen and oxygen atoms in total. The summed E-state index contributed by atoms with van der Waals surface area (Å²) in [5.41, 5.74) is 2.73. The van der Waals surface area contributed by atoms with Gasteiger partial charge in [-0.15, -0.1) is 11.3 Å². The number of hydrazone groups is 1. The van der Waals surface area contributed by atoms with E-state index in [-0.39, 0.29) is 10.5 Å². The number of benzene rings is 1. The van der Waals surface area contributed by atoms with E-state index in [1.807, 2.05) is 6.07 Å². The molecule has 31 heavy (non-hydrogen) atoms. The van der Waals surface area contributed by atoms with Crippen LogP contribution in [-0.4, -0.2) is 64.2 Å². The molecule has 0 bridgehead atoms. The lowest BCUT2D eigenvalue weighted by Crippen LogP contribution is -2.40. The fourth-order valence-corrected chi connectivity index (χ4v) is 6.03. The predicted octanol–water partition coefficient (Wildman–Crippen LogP) is 2.52. The van der Waals surface area contributed by atoms with Crippen LogP contribution in [0.3, 0.4) is 0 Å². The Morgan fingerprint density at radius 2 is 1.84 bits per heavy atom. The molecule has 1 aromatic carbocycles. The van der Waals surface area contributed by atoms with Crippen molar-refractivity contribution < 1.29 is 17.9 Å². The zero-order chi connectivity index (χ0) is 21.7. The summed E-state index contributed by atoms with van der Waals surface area (Å²) in [6.45, 7) is 3.52.